The minimum Gasteiger partial charge on any atom is -0.386 e. The number of carbonyl (C=O) groups excluding carboxylic acids is 2. The van der Waals surface area contributed by atoms with Gasteiger partial charge in [-0.05, 0) is 36.6 Å². The van der Waals surface area contributed by atoms with Gasteiger partial charge in [-0.1, -0.05) is 24.3 Å². The van der Waals surface area contributed by atoms with E-state index in [0.717, 1.165) is 4.90 Å². The molecule has 0 aromatic heterocycles. The Bertz CT molecular complexity index is 593. The summed E-state index contributed by atoms with van der Waals surface area (Å²) >= 11 is 1.52. The van der Waals surface area contributed by atoms with E-state index in [4.69, 9.17) is 4.74 Å². The van der Waals surface area contributed by atoms with Crippen LogP contribution in [0.1, 0.15) is 20.7 Å². The van der Waals surface area contributed by atoms with Gasteiger partial charge in [0.25, 0.3) is 0 Å². The van der Waals surface area contributed by atoms with Crippen molar-refractivity contribution in [2.24, 2.45) is 0 Å². The van der Waals surface area contributed by atoms with Crippen LogP contribution in [0.15, 0.2) is 59.5 Å². The van der Waals surface area contributed by atoms with Crippen molar-refractivity contribution in [3.05, 3.63) is 65.7 Å². The first kappa shape index (κ1) is 13.4. The Labute approximate surface area is 115 Å². The molecule has 0 saturated heterocycles. The van der Waals surface area contributed by atoms with E-state index < -0.39 is 11.9 Å². The third kappa shape index (κ3) is 3.45. The summed E-state index contributed by atoms with van der Waals surface area (Å²) in [4.78, 5) is 24.5. The molecule has 0 atom stereocenters. The van der Waals surface area contributed by atoms with E-state index in [2.05, 4.69) is 0 Å². The van der Waals surface area contributed by atoms with Crippen LogP contribution in [-0.4, -0.2) is 18.2 Å². The summed E-state index contributed by atoms with van der Waals surface area (Å²) in [5.74, 6) is -1.27. The fourth-order valence-corrected chi connectivity index (χ4v) is 1.99. The second-order valence-corrected chi connectivity index (χ2v) is 4.65. The van der Waals surface area contributed by atoms with Gasteiger partial charge in [0.15, 0.2) is 0 Å². The minimum atomic E-state index is -0.639. The van der Waals surface area contributed by atoms with E-state index in [-0.39, 0.29) is 0 Å². The molecule has 2 rings (SSSR count). The maximum Gasteiger partial charge on any atom is 0.346 e. The summed E-state index contributed by atoms with van der Waals surface area (Å²) in [5, 5.41) is 0. The number of hydrogen-bond donors (Lipinski definition) is 0. The lowest BCUT2D eigenvalue weighted by Crippen LogP contribution is -2.12. The topological polar surface area (TPSA) is 43.4 Å². The fourth-order valence-electron chi connectivity index (χ4n) is 1.53. The van der Waals surface area contributed by atoms with Gasteiger partial charge < -0.3 is 4.74 Å². The predicted molar refractivity (Wildman–Crippen MR) is 74.4 cm³/mol. The van der Waals surface area contributed by atoms with Gasteiger partial charge in [-0.25, -0.2) is 9.59 Å². The van der Waals surface area contributed by atoms with Gasteiger partial charge in [-0.3, -0.25) is 0 Å². The van der Waals surface area contributed by atoms with Crippen molar-refractivity contribution < 1.29 is 14.3 Å². The molecule has 2 aromatic carbocycles. The summed E-state index contributed by atoms with van der Waals surface area (Å²) in [5.41, 5.74) is 0.730. The van der Waals surface area contributed by atoms with Gasteiger partial charge in [-0.15, -0.1) is 11.8 Å². The van der Waals surface area contributed by atoms with Crippen LogP contribution < -0.4 is 0 Å². The molecule has 0 aliphatic carbocycles. The highest BCUT2D eigenvalue weighted by Crippen LogP contribution is 2.16. The number of benzene rings is 2. The summed E-state index contributed by atoms with van der Waals surface area (Å²) in [6, 6.07) is 15.4. The van der Waals surface area contributed by atoms with Crippen LogP contribution in [0.2, 0.25) is 0 Å². The molecular weight excluding hydrogens is 260 g/mol. The number of carbonyl (C=O) groups is 2. The lowest BCUT2D eigenvalue weighted by atomic mass is 10.2. The molecular formula is C15H12O3S. The van der Waals surface area contributed by atoms with Crippen molar-refractivity contribution in [2.75, 3.05) is 6.26 Å². The molecule has 19 heavy (non-hydrogen) atoms. The van der Waals surface area contributed by atoms with Crippen molar-refractivity contribution >= 4 is 23.7 Å². The highest BCUT2D eigenvalue weighted by atomic mass is 32.2. The number of thioether (sulfide) groups is 1. The first-order chi connectivity index (χ1) is 9.20. The Morgan fingerprint density at radius 1 is 0.895 bits per heavy atom. The van der Waals surface area contributed by atoms with E-state index in [9.17, 15) is 9.59 Å². The third-order valence-electron chi connectivity index (χ3n) is 2.50. The molecule has 0 unspecified atom stereocenters. The zero-order valence-corrected chi connectivity index (χ0v) is 11.1. The molecule has 0 fully saturated rings. The Balaban J connectivity index is 2.11. The smallest absolute Gasteiger partial charge is 0.346 e. The average molecular weight is 272 g/mol. The van der Waals surface area contributed by atoms with Crippen LogP contribution in [0.4, 0.5) is 0 Å². The number of ether oxygens (including phenoxy) is 1. The summed E-state index contributed by atoms with van der Waals surface area (Å²) in [6.45, 7) is 0. The Morgan fingerprint density at radius 2 is 1.53 bits per heavy atom. The standard InChI is InChI=1S/C15H12O3S/c1-19-13-9-5-8-12(10-13)15(17)18-14(16)11-6-3-2-4-7-11/h2-10H,1H3. The predicted octanol–water partition coefficient (Wildman–Crippen LogP) is 3.41. The highest BCUT2D eigenvalue weighted by Gasteiger charge is 2.14. The van der Waals surface area contributed by atoms with Gasteiger partial charge >= 0.3 is 11.9 Å². The maximum atomic E-state index is 11.8. The first-order valence-corrected chi connectivity index (χ1v) is 6.89. The second-order valence-electron chi connectivity index (χ2n) is 3.77. The van der Waals surface area contributed by atoms with E-state index in [1.54, 1.807) is 48.5 Å². The molecule has 0 saturated carbocycles. The van der Waals surface area contributed by atoms with Gasteiger partial charge in [0.2, 0.25) is 0 Å². The van der Waals surface area contributed by atoms with Gasteiger partial charge in [-0.2, -0.15) is 0 Å². The third-order valence-corrected chi connectivity index (χ3v) is 3.23. The molecule has 0 aliphatic heterocycles. The average Bonchev–Trinajstić information content (AvgIpc) is 2.48. The summed E-state index contributed by atoms with van der Waals surface area (Å²) in [6.07, 6.45) is 1.92. The number of esters is 2. The normalized spacial score (nSPS) is 9.95. The van der Waals surface area contributed by atoms with E-state index in [0.29, 0.717) is 11.1 Å². The molecule has 96 valence electrons. The fraction of sp³-hybridized carbons (Fsp3) is 0.0667. The largest absolute Gasteiger partial charge is 0.386 e. The zero-order chi connectivity index (χ0) is 13.7. The van der Waals surface area contributed by atoms with Crippen molar-refractivity contribution in [3.8, 4) is 0 Å². The second kappa shape index (κ2) is 6.20. The molecule has 4 heteroatoms. The Kier molecular flexibility index (Phi) is 4.36. The van der Waals surface area contributed by atoms with Crippen molar-refractivity contribution in [1.29, 1.82) is 0 Å². The van der Waals surface area contributed by atoms with Crippen LogP contribution in [-0.2, 0) is 4.74 Å². The summed E-state index contributed by atoms with van der Waals surface area (Å²) in [7, 11) is 0. The zero-order valence-electron chi connectivity index (χ0n) is 10.3. The molecule has 3 nitrogen and oxygen atoms in total. The SMILES string of the molecule is CSc1cccc(C(=O)OC(=O)c2ccccc2)c1. The van der Waals surface area contributed by atoms with Crippen LogP contribution in [0.5, 0.6) is 0 Å². The monoisotopic (exact) mass is 272 g/mol. The van der Waals surface area contributed by atoms with Crippen molar-refractivity contribution in [2.45, 2.75) is 4.90 Å². The van der Waals surface area contributed by atoms with E-state index in [1.807, 2.05) is 12.3 Å². The molecule has 0 N–H and O–H groups in total. The van der Waals surface area contributed by atoms with E-state index in [1.165, 1.54) is 11.8 Å². The quantitative estimate of drug-likeness (QED) is 0.488. The highest BCUT2D eigenvalue weighted by molar-refractivity contribution is 7.98. The van der Waals surface area contributed by atoms with Gasteiger partial charge in [0.05, 0.1) is 11.1 Å². The molecule has 0 heterocycles. The van der Waals surface area contributed by atoms with E-state index >= 15 is 0 Å². The lowest BCUT2D eigenvalue weighted by Gasteiger charge is -2.04. The van der Waals surface area contributed by atoms with Crippen molar-refractivity contribution in [1.82, 2.24) is 0 Å². The van der Waals surface area contributed by atoms with Gasteiger partial charge in [0, 0.05) is 4.90 Å². The number of hydrogen-bond acceptors (Lipinski definition) is 4. The van der Waals surface area contributed by atoms with Crippen molar-refractivity contribution in [3.63, 3.8) is 0 Å². The Morgan fingerprint density at radius 3 is 2.21 bits per heavy atom. The molecule has 0 radical (unpaired) electrons. The summed E-state index contributed by atoms with van der Waals surface area (Å²) < 4.78 is 4.83. The van der Waals surface area contributed by atoms with Crippen LogP contribution in [0, 0.1) is 0 Å². The first-order valence-electron chi connectivity index (χ1n) is 5.66. The van der Waals surface area contributed by atoms with Crippen LogP contribution in [0.3, 0.4) is 0 Å². The molecule has 2 aromatic rings. The number of rotatable bonds is 3. The lowest BCUT2D eigenvalue weighted by molar-refractivity contribution is 0.0397. The molecule has 0 aliphatic rings. The van der Waals surface area contributed by atoms with Crippen LogP contribution >= 0.6 is 11.8 Å². The minimum absolute atomic E-state index is 0.358. The maximum absolute atomic E-state index is 11.8. The molecule has 0 amide bonds. The van der Waals surface area contributed by atoms with Crippen LogP contribution in [0.25, 0.3) is 0 Å². The molecule has 0 spiro atoms. The molecule has 0 bridgehead atoms. The van der Waals surface area contributed by atoms with Gasteiger partial charge in [0.1, 0.15) is 0 Å². The Hall–Kier alpha value is -2.07.